The van der Waals surface area contributed by atoms with Crippen LogP contribution in [0.4, 0.5) is 0 Å². The van der Waals surface area contributed by atoms with Crippen LogP contribution in [-0.4, -0.2) is 31.8 Å². The molecule has 1 saturated heterocycles. The standard InChI is InChI=1S/C19H23N5O2/c1-12-11-23(19(26)22-18(12)25)17-10-21-24-6-4-15(9-16(17)24)8-14-3-5-20-13(2)7-14/h4,6,9-11,13-14,20H,3,5,7-8H2,1-2H3,(H,22,25,26)/t13-,14+/m0/s1. The van der Waals surface area contributed by atoms with E-state index in [4.69, 9.17) is 0 Å². The summed E-state index contributed by atoms with van der Waals surface area (Å²) in [6, 6.07) is 4.75. The summed E-state index contributed by atoms with van der Waals surface area (Å²) in [5.41, 5.74) is 2.46. The molecular formula is C19H23N5O2. The summed E-state index contributed by atoms with van der Waals surface area (Å²) >= 11 is 0. The minimum Gasteiger partial charge on any atom is -0.314 e. The molecular weight excluding hydrogens is 330 g/mol. The SMILES string of the molecule is Cc1cn(-c2cnn3ccc(C[C@@H]4CCN[C@@H](C)C4)cc23)c(=O)[nH]c1=O. The molecule has 7 nitrogen and oxygen atoms in total. The zero-order chi connectivity index (χ0) is 18.3. The number of aromatic amines is 1. The first kappa shape index (κ1) is 16.8. The fourth-order valence-corrected chi connectivity index (χ4v) is 3.82. The van der Waals surface area contributed by atoms with Crippen LogP contribution in [0.1, 0.15) is 30.9 Å². The molecule has 0 unspecified atom stereocenters. The second kappa shape index (κ2) is 6.57. The molecule has 4 heterocycles. The van der Waals surface area contributed by atoms with E-state index < -0.39 is 5.69 Å². The predicted octanol–water partition coefficient (Wildman–Crippen LogP) is 1.41. The van der Waals surface area contributed by atoms with Crippen LogP contribution in [0, 0.1) is 12.8 Å². The van der Waals surface area contributed by atoms with Crippen LogP contribution in [0.25, 0.3) is 11.2 Å². The molecule has 0 radical (unpaired) electrons. The third kappa shape index (κ3) is 3.10. The summed E-state index contributed by atoms with van der Waals surface area (Å²) in [4.78, 5) is 26.2. The normalized spacial score (nSPS) is 20.5. The van der Waals surface area contributed by atoms with E-state index in [1.807, 2.05) is 6.20 Å². The topological polar surface area (TPSA) is 84.2 Å². The lowest BCUT2D eigenvalue weighted by Crippen LogP contribution is -2.36. The van der Waals surface area contributed by atoms with Crippen molar-refractivity contribution in [2.24, 2.45) is 5.92 Å². The highest BCUT2D eigenvalue weighted by atomic mass is 16.2. The third-order valence-electron chi connectivity index (χ3n) is 5.20. The molecule has 136 valence electrons. The van der Waals surface area contributed by atoms with Crippen LogP contribution in [0.5, 0.6) is 0 Å². The van der Waals surface area contributed by atoms with Gasteiger partial charge in [-0.25, -0.2) is 9.31 Å². The minimum absolute atomic E-state index is 0.358. The maximum absolute atomic E-state index is 12.2. The summed E-state index contributed by atoms with van der Waals surface area (Å²) in [5, 5.41) is 7.83. The van der Waals surface area contributed by atoms with E-state index >= 15 is 0 Å². The molecule has 1 aliphatic heterocycles. The van der Waals surface area contributed by atoms with Crippen LogP contribution < -0.4 is 16.6 Å². The lowest BCUT2D eigenvalue weighted by atomic mass is 9.88. The Balaban J connectivity index is 1.72. The number of nitrogens with one attached hydrogen (secondary N) is 2. The first-order valence-corrected chi connectivity index (χ1v) is 9.04. The zero-order valence-electron chi connectivity index (χ0n) is 15.0. The fraction of sp³-hybridized carbons (Fsp3) is 0.421. The average Bonchev–Trinajstić information content (AvgIpc) is 3.01. The maximum Gasteiger partial charge on any atom is 0.333 e. The second-order valence-electron chi connectivity index (χ2n) is 7.29. The van der Waals surface area contributed by atoms with Crippen LogP contribution in [0.15, 0.2) is 40.3 Å². The van der Waals surface area contributed by atoms with E-state index in [0.29, 0.717) is 23.2 Å². The van der Waals surface area contributed by atoms with Crippen molar-refractivity contribution < 1.29 is 0 Å². The molecule has 0 amide bonds. The quantitative estimate of drug-likeness (QED) is 0.746. The van der Waals surface area contributed by atoms with E-state index in [0.717, 1.165) is 18.5 Å². The summed E-state index contributed by atoms with van der Waals surface area (Å²) in [6.45, 7) is 4.98. The van der Waals surface area contributed by atoms with E-state index in [1.54, 1.807) is 23.8 Å². The molecule has 3 aromatic rings. The van der Waals surface area contributed by atoms with Crippen molar-refractivity contribution in [3.63, 3.8) is 0 Å². The van der Waals surface area contributed by atoms with Gasteiger partial charge in [0, 0.05) is 24.0 Å². The van der Waals surface area contributed by atoms with Gasteiger partial charge in [0.15, 0.2) is 0 Å². The van der Waals surface area contributed by atoms with Gasteiger partial charge in [0.2, 0.25) is 0 Å². The minimum atomic E-state index is -0.451. The Bertz CT molecular complexity index is 1060. The molecule has 2 N–H and O–H groups in total. The number of nitrogens with zero attached hydrogens (tertiary/aromatic N) is 3. The highest BCUT2D eigenvalue weighted by Gasteiger charge is 2.19. The van der Waals surface area contributed by atoms with E-state index in [9.17, 15) is 9.59 Å². The fourth-order valence-electron chi connectivity index (χ4n) is 3.82. The van der Waals surface area contributed by atoms with Crippen molar-refractivity contribution >= 4 is 5.52 Å². The molecule has 7 heteroatoms. The van der Waals surface area contributed by atoms with Gasteiger partial charge in [0.1, 0.15) is 0 Å². The molecule has 0 spiro atoms. The largest absolute Gasteiger partial charge is 0.333 e. The number of piperidine rings is 1. The molecule has 26 heavy (non-hydrogen) atoms. The van der Waals surface area contributed by atoms with Crippen molar-refractivity contribution in [2.45, 2.75) is 39.2 Å². The number of aryl methyl sites for hydroxylation is 1. The Morgan fingerprint density at radius 1 is 1.35 bits per heavy atom. The van der Waals surface area contributed by atoms with E-state index in [-0.39, 0.29) is 5.56 Å². The van der Waals surface area contributed by atoms with Gasteiger partial charge in [0.25, 0.3) is 5.56 Å². The first-order chi connectivity index (χ1) is 12.5. The Labute approximate surface area is 150 Å². The van der Waals surface area contributed by atoms with Gasteiger partial charge in [-0.05, 0) is 63.3 Å². The molecule has 1 fully saturated rings. The van der Waals surface area contributed by atoms with Gasteiger partial charge in [-0.15, -0.1) is 0 Å². The summed E-state index contributed by atoms with van der Waals surface area (Å²) < 4.78 is 3.21. The number of fused-ring (bicyclic) bond motifs is 1. The maximum atomic E-state index is 12.2. The van der Waals surface area contributed by atoms with Crippen LogP contribution in [0.3, 0.4) is 0 Å². The Hall–Kier alpha value is -2.67. The lowest BCUT2D eigenvalue weighted by molar-refractivity contribution is 0.314. The molecule has 2 atom stereocenters. The third-order valence-corrected chi connectivity index (χ3v) is 5.20. The molecule has 1 aliphatic rings. The van der Waals surface area contributed by atoms with Crippen molar-refractivity contribution in [3.05, 3.63) is 62.7 Å². The smallest absolute Gasteiger partial charge is 0.314 e. The van der Waals surface area contributed by atoms with Crippen LogP contribution in [0.2, 0.25) is 0 Å². The first-order valence-electron chi connectivity index (χ1n) is 9.04. The van der Waals surface area contributed by atoms with Gasteiger partial charge < -0.3 is 5.32 Å². The second-order valence-corrected chi connectivity index (χ2v) is 7.29. The zero-order valence-corrected chi connectivity index (χ0v) is 15.0. The summed E-state index contributed by atoms with van der Waals surface area (Å²) in [6.07, 6.45) is 8.54. The van der Waals surface area contributed by atoms with Crippen LogP contribution in [-0.2, 0) is 6.42 Å². The lowest BCUT2D eigenvalue weighted by Gasteiger charge is -2.28. The Morgan fingerprint density at radius 2 is 2.19 bits per heavy atom. The summed E-state index contributed by atoms with van der Waals surface area (Å²) in [7, 11) is 0. The van der Waals surface area contributed by atoms with Gasteiger partial charge >= 0.3 is 5.69 Å². The number of rotatable bonds is 3. The Morgan fingerprint density at radius 3 is 3.00 bits per heavy atom. The van der Waals surface area contributed by atoms with Crippen molar-refractivity contribution in [1.29, 1.82) is 0 Å². The molecule has 0 aromatic carbocycles. The number of hydrogen-bond donors (Lipinski definition) is 2. The van der Waals surface area contributed by atoms with Crippen molar-refractivity contribution in [1.82, 2.24) is 24.5 Å². The molecule has 0 bridgehead atoms. The number of aromatic nitrogens is 4. The highest BCUT2D eigenvalue weighted by Crippen LogP contribution is 2.23. The molecule has 0 saturated carbocycles. The average molecular weight is 353 g/mol. The van der Waals surface area contributed by atoms with E-state index in [2.05, 4.69) is 34.5 Å². The number of pyridine rings is 1. The molecule has 0 aliphatic carbocycles. The predicted molar refractivity (Wildman–Crippen MR) is 100 cm³/mol. The highest BCUT2D eigenvalue weighted by molar-refractivity contribution is 5.64. The van der Waals surface area contributed by atoms with Gasteiger partial charge in [-0.1, -0.05) is 0 Å². The van der Waals surface area contributed by atoms with Crippen LogP contribution >= 0.6 is 0 Å². The Kier molecular flexibility index (Phi) is 4.24. The number of H-pyrrole nitrogens is 1. The van der Waals surface area contributed by atoms with E-state index in [1.165, 1.54) is 23.0 Å². The van der Waals surface area contributed by atoms with Gasteiger partial charge in [-0.3, -0.25) is 14.3 Å². The van der Waals surface area contributed by atoms with Crippen molar-refractivity contribution in [2.75, 3.05) is 6.54 Å². The van der Waals surface area contributed by atoms with Gasteiger partial charge in [-0.2, -0.15) is 5.10 Å². The molecule has 4 rings (SSSR count). The number of hydrogen-bond acceptors (Lipinski definition) is 4. The summed E-state index contributed by atoms with van der Waals surface area (Å²) in [5.74, 6) is 0.665. The molecule has 3 aromatic heterocycles. The monoisotopic (exact) mass is 353 g/mol. The van der Waals surface area contributed by atoms with Crippen molar-refractivity contribution in [3.8, 4) is 5.69 Å². The van der Waals surface area contributed by atoms with Gasteiger partial charge in [0.05, 0.1) is 17.4 Å².